The zero-order valence-corrected chi connectivity index (χ0v) is 11.0. The summed E-state index contributed by atoms with van der Waals surface area (Å²) in [4.78, 5) is 41.5. The quantitative estimate of drug-likeness (QED) is 0.758. The summed E-state index contributed by atoms with van der Waals surface area (Å²) in [6.07, 6.45) is 1.27. The first-order valence-electron chi connectivity index (χ1n) is 5.42. The van der Waals surface area contributed by atoms with Gasteiger partial charge in [0.2, 0.25) is 0 Å². The number of amides is 1. The van der Waals surface area contributed by atoms with E-state index in [9.17, 15) is 14.4 Å². The van der Waals surface area contributed by atoms with Gasteiger partial charge in [0.05, 0.1) is 16.6 Å². The average molecular weight is 281 g/mol. The van der Waals surface area contributed by atoms with E-state index >= 15 is 0 Å². The molecular weight excluding hydrogens is 270 g/mol. The molecule has 19 heavy (non-hydrogen) atoms. The van der Waals surface area contributed by atoms with Crippen molar-refractivity contribution in [1.82, 2.24) is 15.3 Å². The van der Waals surface area contributed by atoms with Gasteiger partial charge in [-0.15, -0.1) is 11.3 Å². The highest BCUT2D eigenvalue weighted by atomic mass is 32.1. The van der Waals surface area contributed by atoms with Crippen LogP contribution in [0.2, 0.25) is 0 Å². The molecule has 2 aromatic rings. The number of hydrogen-bond donors (Lipinski definition) is 3. The van der Waals surface area contributed by atoms with E-state index in [2.05, 4.69) is 15.3 Å². The van der Waals surface area contributed by atoms with Crippen LogP contribution in [0.25, 0.3) is 10.2 Å². The third-order valence-electron chi connectivity index (χ3n) is 2.66. The molecule has 0 aliphatic carbocycles. The van der Waals surface area contributed by atoms with E-state index in [-0.39, 0.29) is 5.56 Å². The third-order valence-corrected chi connectivity index (χ3v) is 3.86. The molecule has 0 fully saturated rings. The van der Waals surface area contributed by atoms with Crippen LogP contribution in [0, 0.1) is 6.92 Å². The molecule has 2 aromatic heterocycles. The molecule has 8 heteroatoms. The summed E-state index contributed by atoms with van der Waals surface area (Å²) >= 11 is 1.06. The highest BCUT2D eigenvalue weighted by Crippen LogP contribution is 2.26. The van der Waals surface area contributed by atoms with E-state index in [1.807, 2.05) is 0 Å². The normalized spacial score (nSPS) is 12.3. The smallest absolute Gasteiger partial charge is 0.325 e. The molecule has 2 heterocycles. The van der Waals surface area contributed by atoms with Crippen LogP contribution in [0.15, 0.2) is 11.1 Å². The minimum Gasteiger partial charge on any atom is -0.480 e. The van der Waals surface area contributed by atoms with Gasteiger partial charge in [0, 0.05) is 0 Å². The third kappa shape index (κ3) is 2.34. The van der Waals surface area contributed by atoms with Crippen molar-refractivity contribution < 1.29 is 14.7 Å². The minimum atomic E-state index is -1.12. The average Bonchev–Trinajstić information content (AvgIpc) is 2.68. The monoisotopic (exact) mass is 281 g/mol. The summed E-state index contributed by atoms with van der Waals surface area (Å²) in [5.41, 5.74) is 0.188. The van der Waals surface area contributed by atoms with E-state index in [1.54, 1.807) is 6.92 Å². The Morgan fingerprint density at radius 3 is 2.79 bits per heavy atom. The lowest BCUT2D eigenvalue weighted by atomic mass is 10.2. The zero-order chi connectivity index (χ0) is 14.2. The molecule has 0 aliphatic heterocycles. The van der Waals surface area contributed by atoms with Crippen LogP contribution < -0.4 is 10.9 Å². The van der Waals surface area contributed by atoms with E-state index in [0.29, 0.717) is 20.7 Å². The molecule has 7 nitrogen and oxygen atoms in total. The van der Waals surface area contributed by atoms with Crippen LogP contribution in [-0.4, -0.2) is 33.0 Å². The highest BCUT2D eigenvalue weighted by Gasteiger charge is 2.21. The number of nitrogens with one attached hydrogen (secondary N) is 2. The summed E-state index contributed by atoms with van der Waals surface area (Å²) in [5.74, 6) is -1.64. The number of H-pyrrole nitrogens is 1. The van der Waals surface area contributed by atoms with Crippen LogP contribution in [0.4, 0.5) is 0 Å². The Hall–Kier alpha value is -2.22. The summed E-state index contributed by atoms with van der Waals surface area (Å²) in [6.45, 7) is 3.00. The number of aromatic nitrogens is 2. The number of aliphatic carboxylic acids is 1. The van der Waals surface area contributed by atoms with Gasteiger partial charge in [-0.25, -0.2) is 4.98 Å². The molecule has 1 amide bonds. The van der Waals surface area contributed by atoms with E-state index < -0.39 is 17.9 Å². The fourth-order valence-electron chi connectivity index (χ4n) is 1.62. The molecule has 0 aromatic carbocycles. The number of carboxylic acids is 1. The molecule has 0 radical (unpaired) electrons. The predicted octanol–water partition coefficient (Wildman–Crippen LogP) is 0.496. The first-order valence-corrected chi connectivity index (χ1v) is 6.24. The fraction of sp³-hybridized carbons (Fsp3) is 0.273. The zero-order valence-electron chi connectivity index (χ0n) is 10.2. The maximum Gasteiger partial charge on any atom is 0.325 e. The van der Waals surface area contributed by atoms with Gasteiger partial charge in [0.25, 0.3) is 11.5 Å². The topological polar surface area (TPSA) is 112 Å². The first-order chi connectivity index (χ1) is 8.91. The molecule has 100 valence electrons. The number of aryl methyl sites for hydroxylation is 1. The minimum absolute atomic E-state index is 0.298. The van der Waals surface area contributed by atoms with Gasteiger partial charge in [-0.2, -0.15) is 0 Å². The second-order valence-electron chi connectivity index (χ2n) is 4.00. The molecule has 0 spiro atoms. The lowest BCUT2D eigenvalue weighted by molar-refractivity contribution is -0.138. The second-order valence-corrected chi connectivity index (χ2v) is 5.00. The number of carboxylic acid groups (broad SMARTS) is 1. The Bertz CT molecular complexity index is 718. The Kier molecular flexibility index (Phi) is 3.34. The summed E-state index contributed by atoms with van der Waals surface area (Å²) < 4.78 is 0. The Morgan fingerprint density at radius 2 is 2.21 bits per heavy atom. The van der Waals surface area contributed by atoms with Gasteiger partial charge in [0.1, 0.15) is 10.9 Å². The number of rotatable bonds is 3. The summed E-state index contributed by atoms with van der Waals surface area (Å²) in [7, 11) is 0. The number of aromatic amines is 1. The first kappa shape index (κ1) is 13.2. The van der Waals surface area contributed by atoms with Crippen molar-refractivity contribution in [2.75, 3.05) is 0 Å². The van der Waals surface area contributed by atoms with Crippen LogP contribution >= 0.6 is 11.3 Å². The maximum absolute atomic E-state index is 12.0. The van der Waals surface area contributed by atoms with Crippen molar-refractivity contribution >= 4 is 33.4 Å². The molecule has 0 bridgehead atoms. The summed E-state index contributed by atoms with van der Waals surface area (Å²) in [6, 6.07) is -0.997. The number of hydrogen-bond acceptors (Lipinski definition) is 5. The van der Waals surface area contributed by atoms with Crippen molar-refractivity contribution in [2.45, 2.75) is 19.9 Å². The number of fused-ring (bicyclic) bond motifs is 1. The standard InChI is InChI=1S/C11H11N3O4S/c1-4-6-8(15)12-3-13-10(6)19-7(4)9(16)14-5(2)11(17)18/h3,5H,1-2H3,(H,14,16)(H,17,18)(H,12,13,15). The van der Waals surface area contributed by atoms with Gasteiger partial charge in [-0.3, -0.25) is 14.4 Å². The van der Waals surface area contributed by atoms with Gasteiger partial charge in [0.15, 0.2) is 0 Å². The van der Waals surface area contributed by atoms with Crippen LogP contribution in [0.5, 0.6) is 0 Å². The number of carbonyl (C=O) groups is 2. The second kappa shape index (κ2) is 4.81. The van der Waals surface area contributed by atoms with E-state index in [0.717, 1.165) is 11.3 Å². The molecule has 0 saturated heterocycles. The maximum atomic E-state index is 12.0. The van der Waals surface area contributed by atoms with Gasteiger partial charge >= 0.3 is 5.97 Å². The van der Waals surface area contributed by atoms with Gasteiger partial charge < -0.3 is 15.4 Å². The summed E-state index contributed by atoms with van der Waals surface area (Å²) in [5, 5.41) is 11.5. The van der Waals surface area contributed by atoms with Crippen molar-refractivity contribution in [1.29, 1.82) is 0 Å². The molecule has 1 atom stereocenters. The predicted molar refractivity (Wildman–Crippen MR) is 69.5 cm³/mol. The van der Waals surface area contributed by atoms with Crippen molar-refractivity contribution in [3.05, 3.63) is 27.1 Å². The van der Waals surface area contributed by atoms with E-state index in [4.69, 9.17) is 5.11 Å². The van der Waals surface area contributed by atoms with Crippen molar-refractivity contribution in [2.24, 2.45) is 0 Å². The molecule has 3 N–H and O–H groups in total. The van der Waals surface area contributed by atoms with Crippen molar-refractivity contribution in [3.8, 4) is 0 Å². The number of thiophene rings is 1. The van der Waals surface area contributed by atoms with E-state index in [1.165, 1.54) is 13.3 Å². The molecule has 0 aliphatic rings. The Labute approximate surface area is 111 Å². The SMILES string of the molecule is Cc1c(C(=O)NC(C)C(=O)O)sc2nc[nH]c(=O)c12. The van der Waals surface area contributed by atoms with Gasteiger partial charge in [-0.05, 0) is 19.4 Å². The Balaban J connectivity index is 2.44. The van der Waals surface area contributed by atoms with Crippen LogP contribution in [-0.2, 0) is 4.79 Å². The van der Waals surface area contributed by atoms with Gasteiger partial charge in [-0.1, -0.05) is 0 Å². The lowest BCUT2D eigenvalue weighted by Gasteiger charge is -2.08. The van der Waals surface area contributed by atoms with Crippen LogP contribution in [0.1, 0.15) is 22.2 Å². The largest absolute Gasteiger partial charge is 0.480 e. The molecular formula is C11H11N3O4S. The van der Waals surface area contributed by atoms with Crippen LogP contribution in [0.3, 0.4) is 0 Å². The number of carbonyl (C=O) groups excluding carboxylic acids is 1. The molecule has 0 saturated carbocycles. The Morgan fingerprint density at radius 1 is 1.53 bits per heavy atom. The fourth-order valence-corrected chi connectivity index (χ4v) is 2.67. The van der Waals surface area contributed by atoms with Crippen molar-refractivity contribution in [3.63, 3.8) is 0 Å². The molecule has 2 rings (SSSR count). The lowest BCUT2D eigenvalue weighted by Crippen LogP contribution is -2.38. The number of nitrogens with zero attached hydrogens (tertiary/aromatic N) is 1. The molecule has 1 unspecified atom stereocenters. The highest BCUT2D eigenvalue weighted by molar-refractivity contribution is 7.20.